The van der Waals surface area contributed by atoms with Crippen LogP contribution in [0.15, 0.2) is 140 Å². The van der Waals surface area contributed by atoms with E-state index in [1.54, 1.807) is 0 Å². The molecule has 0 amide bonds. The molecule has 2 aliphatic rings. The molecule has 2 aliphatic carbocycles. The number of nitrogens with zero attached hydrogens (tertiary/aromatic N) is 2. The SMILES string of the molecule is Cn1c2c(c3cc(-c4ccc5c(c4)c4c(n5-c5cccc6ccccc56)CCC(c5ccccc5)=C4)ccc31)C=C(c1ccccc1)CC2. The summed E-state index contributed by atoms with van der Waals surface area (Å²) in [6.07, 6.45) is 9.07. The second kappa shape index (κ2) is 11.1. The molecule has 10 rings (SSSR count). The van der Waals surface area contributed by atoms with Gasteiger partial charge in [-0.2, -0.15) is 0 Å². The van der Waals surface area contributed by atoms with Gasteiger partial charge in [0.1, 0.15) is 0 Å². The van der Waals surface area contributed by atoms with Crippen molar-refractivity contribution in [3.05, 3.63) is 173 Å². The lowest BCUT2D eigenvalue weighted by atomic mass is 9.90. The maximum Gasteiger partial charge on any atom is 0.0538 e. The van der Waals surface area contributed by atoms with Gasteiger partial charge in [-0.3, -0.25) is 0 Å². The second-order valence-electron chi connectivity index (χ2n) is 13.6. The summed E-state index contributed by atoms with van der Waals surface area (Å²) in [5.74, 6) is 0. The lowest BCUT2D eigenvalue weighted by Gasteiger charge is -2.18. The molecule has 0 saturated carbocycles. The zero-order valence-electron chi connectivity index (χ0n) is 27.7. The summed E-state index contributed by atoms with van der Waals surface area (Å²) in [6.45, 7) is 0. The number of rotatable bonds is 4. The van der Waals surface area contributed by atoms with E-state index in [2.05, 4.69) is 168 Å². The molecule has 0 radical (unpaired) electrons. The van der Waals surface area contributed by atoms with Crippen molar-refractivity contribution in [3.63, 3.8) is 0 Å². The molecule has 0 aliphatic heterocycles. The van der Waals surface area contributed by atoms with Crippen LogP contribution in [0.1, 0.15) is 46.5 Å². The van der Waals surface area contributed by atoms with E-state index in [0.717, 1.165) is 25.7 Å². The number of hydrogen-bond acceptors (Lipinski definition) is 0. The standard InChI is InChI=1S/C47H36N2/c1-48-43-23-19-34(31-11-4-2-5-12-31)27-39(43)40-29-36(20-24-44(40)48)37-22-26-47-42(30-37)41-28-35(32-13-6-3-7-14-32)21-25-46(41)49(47)45-18-10-16-33-15-8-9-17-38(33)45/h2-18,20,22,24,26-30H,19,21,23,25H2,1H3. The van der Waals surface area contributed by atoms with E-state index < -0.39 is 0 Å². The average molecular weight is 629 g/mol. The van der Waals surface area contributed by atoms with E-state index in [4.69, 9.17) is 0 Å². The van der Waals surface area contributed by atoms with E-state index in [-0.39, 0.29) is 0 Å². The van der Waals surface area contributed by atoms with Crippen molar-refractivity contribution in [2.75, 3.05) is 0 Å². The van der Waals surface area contributed by atoms with Crippen LogP contribution in [0.2, 0.25) is 0 Å². The minimum atomic E-state index is 1.00. The molecule has 0 bridgehead atoms. The van der Waals surface area contributed by atoms with Crippen molar-refractivity contribution in [1.29, 1.82) is 0 Å². The molecule has 2 aromatic heterocycles. The highest BCUT2D eigenvalue weighted by Gasteiger charge is 2.24. The molecule has 0 atom stereocenters. The molecule has 2 heterocycles. The first-order chi connectivity index (χ1) is 24.2. The Labute approximate surface area is 286 Å². The van der Waals surface area contributed by atoms with Gasteiger partial charge in [0.05, 0.1) is 11.2 Å². The van der Waals surface area contributed by atoms with Crippen LogP contribution in [-0.2, 0) is 19.9 Å². The minimum absolute atomic E-state index is 1.00. The van der Waals surface area contributed by atoms with Gasteiger partial charge < -0.3 is 9.13 Å². The highest BCUT2D eigenvalue weighted by molar-refractivity contribution is 6.04. The largest absolute Gasteiger partial charge is 0.347 e. The first-order valence-corrected chi connectivity index (χ1v) is 17.5. The van der Waals surface area contributed by atoms with Crippen LogP contribution in [0, 0.1) is 0 Å². The smallest absolute Gasteiger partial charge is 0.0538 e. The first kappa shape index (κ1) is 28.2. The van der Waals surface area contributed by atoms with Crippen molar-refractivity contribution >= 4 is 55.9 Å². The Bertz CT molecular complexity index is 2640. The van der Waals surface area contributed by atoms with Crippen LogP contribution in [0.4, 0.5) is 0 Å². The summed E-state index contributed by atoms with van der Waals surface area (Å²) in [5.41, 5.74) is 17.4. The van der Waals surface area contributed by atoms with Gasteiger partial charge in [0.2, 0.25) is 0 Å². The maximum absolute atomic E-state index is 2.54. The molecule has 2 nitrogen and oxygen atoms in total. The molecule has 49 heavy (non-hydrogen) atoms. The molecule has 6 aromatic carbocycles. The van der Waals surface area contributed by atoms with Crippen LogP contribution in [-0.4, -0.2) is 9.13 Å². The van der Waals surface area contributed by atoms with Gasteiger partial charge in [-0.1, -0.05) is 109 Å². The van der Waals surface area contributed by atoms with Crippen LogP contribution in [0.25, 0.3) is 72.7 Å². The zero-order chi connectivity index (χ0) is 32.5. The molecule has 234 valence electrons. The number of hydrogen-bond donors (Lipinski definition) is 0. The summed E-state index contributed by atoms with van der Waals surface area (Å²) in [6, 6.07) is 51.5. The molecular weight excluding hydrogens is 593 g/mol. The van der Waals surface area contributed by atoms with Crippen LogP contribution >= 0.6 is 0 Å². The van der Waals surface area contributed by atoms with Gasteiger partial charge in [0, 0.05) is 51.2 Å². The van der Waals surface area contributed by atoms with Gasteiger partial charge in [0.15, 0.2) is 0 Å². The fourth-order valence-corrected chi connectivity index (χ4v) is 8.56. The van der Waals surface area contributed by atoms with E-state index in [1.165, 1.54) is 94.2 Å². The monoisotopic (exact) mass is 628 g/mol. The van der Waals surface area contributed by atoms with Gasteiger partial charge in [0.25, 0.3) is 0 Å². The van der Waals surface area contributed by atoms with Crippen molar-refractivity contribution in [2.45, 2.75) is 25.7 Å². The molecule has 0 saturated heterocycles. The van der Waals surface area contributed by atoms with Crippen molar-refractivity contribution in [3.8, 4) is 16.8 Å². The summed E-state index contributed by atoms with van der Waals surface area (Å²) in [5, 5.41) is 5.21. The number of aromatic nitrogens is 2. The molecule has 0 unspecified atom stereocenters. The minimum Gasteiger partial charge on any atom is -0.347 e. The van der Waals surface area contributed by atoms with E-state index in [1.807, 2.05) is 0 Å². The van der Waals surface area contributed by atoms with Gasteiger partial charge >= 0.3 is 0 Å². The van der Waals surface area contributed by atoms with Crippen LogP contribution in [0.3, 0.4) is 0 Å². The van der Waals surface area contributed by atoms with E-state index in [9.17, 15) is 0 Å². The number of benzene rings is 6. The van der Waals surface area contributed by atoms with Crippen LogP contribution in [0.5, 0.6) is 0 Å². The highest BCUT2D eigenvalue weighted by Crippen LogP contribution is 2.42. The first-order valence-electron chi connectivity index (χ1n) is 17.5. The Morgan fingerprint density at radius 1 is 0.429 bits per heavy atom. The molecule has 0 spiro atoms. The van der Waals surface area contributed by atoms with Crippen molar-refractivity contribution < 1.29 is 0 Å². The maximum atomic E-state index is 2.54. The zero-order valence-corrected chi connectivity index (χ0v) is 27.7. The molecule has 8 aromatic rings. The fraction of sp³-hybridized carbons (Fsp3) is 0.106. The van der Waals surface area contributed by atoms with Crippen molar-refractivity contribution in [2.24, 2.45) is 7.05 Å². The predicted molar refractivity (Wildman–Crippen MR) is 208 cm³/mol. The third kappa shape index (κ3) is 4.48. The summed E-state index contributed by atoms with van der Waals surface area (Å²) >= 11 is 0. The van der Waals surface area contributed by atoms with Crippen LogP contribution < -0.4 is 0 Å². The lowest BCUT2D eigenvalue weighted by Crippen LogP contribution is -2.05. The second-order valence-corrected chi connectivity index (χ2v) is 13.6. The molecule has 0 fully saturated rings. The van der Waals surface area contributed by atoms with Crippen molar-refractivity contribution in [1.82, 2.24) is 9.13 Å². The predicted octanol–water partition coefficient (Wildman–Crippen LogP) is 11.9. The van der Waals surface area contributed by atoms with E-state index in [0.29, 0.717) is 0 Å². The number of fused-ring (bicyclic) bond motifs is 7. The summed E-state index contributed by atoms with van der Waals surface area (Å²) in [4.78, 5) is 0. The van der Waals surface area contributed by atoms with Gasteiger partial charge in [-0.25, -0.2) is 0 Å². The molecule has 0 N–H and O–H groups in total. The third-order valence-electron chi connectivity index (χ3n) is 11.0. The summed E-state index contributed by atoms with van der Waals surface area (Å²) < 4.78 is 4.95. The number of aryl methyl sites for hydroxylation is 1. The molecular formula is C47H36N2. The van der Waals surface area contributed by atoms with Gasteiger partial charge in [-0.05, 0) is 107 Å². The van der Waals surface area contributed by atoms with Gasteiger partial charge in [-0.15, -0.1) is 0 Å². The average Bonchev–Trinajstić information content (AvgIpc) is 3.65. The van der Waals surface area contributed by atoms with E-state index >= 15 is 0 Å². The summed E-state index contributed by atoms with van der Waals surface area (Å²) in [7, 11) is 2.23. The fourth-order valence-electron chi connectivity index (χ4n) is 8.56. The normalized spacial score (nSPS) is 14.1. The quantitative estimate of drug-likeness (QED) is 0.184. The Morgan fingerprint density at radius 2 is 0.980 bits per heavy atom. The Morgan fingerprint density at radius 3 is 1.67 bits per heavy atom. The Balaban J connectivity index is 1.17. The Hall–Kier alpha value is -5.86. The number of allylic oxidation sites excluding steroid dienone is 2. The highest BCUT2D eigenvalue weighted by atomic mass is 15.0. The topological polar surface area (TPSA) is 9.86 Å². The lowest BCUT2D eigenvalue weighted by molar-refractivity contribution is 0.830. The Kier molecular flexibility index (Phi) is 6.39. The molecule has 2 heteroatoms. The third-order valence-corrected chi connectivity index (χ3v) is 11.0.